The fraction of sp³-hybridized carbons (Fsp3) is 0.471. The van der Waals surface area contributed by atoms with Crippen LogP contribution in [0.15, 0.2) is 28.8 Å². The van der Waals surface area contributed by atoms with Crippen LogP contribution in [-0.2, 0) is 0 Å². The number of aromatic nitrogens is 2. The molecule has 2 aromatic rings. The van der Waals surface area contributed by atoms with E-state index in [1.807, 2.05) is 6.92 Å². The van der Waals surface area contributed by atoms with E-state index >= 15 is 0 Å². The zero-order valence-electron chi connectivity index (χ0n) is 13.8. The Bertz CT molecular complexity index is 701. The van der Waals surface area contributed by atoms with Crippen molar-refractivity contribution in [3.8, 4) is 0 Å². The van der Waals surface area contributed by atoms with E-state index in [1.54, 1.807) is 24.0 Å². The number of amides is 2. The number of halogens is 1. The van der Waals surface area contributed by atoms with Gasteiger partial charge < -0.3 is 14.7 Å². The molecule has 1 aromatic heterocycles. The van der Waals surface area contributed by atoms with Crippen molar-refractivity contribution < 1.29 is 13.7 Å². The number of likely N-dealkylation sites (tertiary alicyclic amines) is 1. The minimum absolute atomic E-state index is 0.0758. The van der Waals surface area contributed by atoms with Crippen molar-refractivity contribution in [2.24, 2.45) is 0 Å². The van der Waals surface area contributed by atoms with E-state index in [1.165, 1.54) is 12.1 Å². The van der Waals surface area contributed by atoms with Gasteiger partial charge in [0.25, 0.3) is 0 Å². The van der Waals surface area contributed by atoms with Gasteiger partial charge in [0.05, 0.1) is 12.0 Å². The Labute approximate surface area is 140 Å². The van der Waals surface area contributed by atoms with Gasteiger partial charge in [0.1, 0.15) is 5.82 Å². The maximum Gasteiger partial charge on any atom is 0.317 e. The van der Waals surface area contributed by atoms with Gasteiger partial charge in [0.2, 0.25) is 5.89 Å². The summed E-state index contributed by atoms with van der Waals surface area (Å²) in [7, 11) is 0. The van der Waals surface area contributed by atoms with Gasteiger partial charge in [-0.25, -0.2) is 9.18 Å². The van der Waals surface area contributed by atoms with Gasteiger partial charge in [-0.3, -0.25) is 0 Å². The third-order valence-electron chi connectivity index (χ3n) is 4.31. The number of benzene rings is 1. The number of nitrogens with zero attached hydrogens (tertiary/aromatic N) is 3. The molecule has 128 valence electrons. The highest BCUT2D eigenvalue weighted by atomic mass is 19.1. The standard InChI is InChI=1S/C17H21FN4O2/c1-11(13-5-7-15(18)8-6-13)19-17(23)22-9-3-4-14(10-22)16-20-12(2)21-24-16/h5-8,11,14H,3-4,9-10H2,1-2H3,(H,19,23). The molecule has 0 radical (unpaired) electrons. The first-order chi connectivity index (χ1) is 11.5. The topological polar surface area (TPSA) is 71.3 Å². The van der Waals surface area contributed by atoms with Gasteiger partial charge in [-0.2, -0.15) is 4.98 Å². The van der Waals surface area contributed by atoms with Gasteiger partial charge in [-0.05, 0) is 44.4 Å². The lowest BCUT2D eigenvalue weighted by Crippen LogP contribution is -2.45. The fourth-order valence-corrected chi connectivity index (χ4v) is 2.95. The largest absolute Gasteiger partial charge is 0.339 e. The molecule has 1 aliphatic heterocycles. The third kappa shape index (κ3) is 3.72. The fourth-order valence-electron chi connectivity index (χ4n) is 2.95. The zero-order chi connectivity index (χ0) is 17.1. The van der Waals surface area contributed by atoms with Crippen molar-refractivity contribution >= 4 is 6.03 Å². The van der Waals surface area contributed by atoms with Crippen molar-refractivity contribution in [3.63, 3.8) is 0 Å². The molecule has 7 heteroatoms. The van der Waals surface area contributed by atoms with Crippen LogP contribution in [0.3, 0.4) is 0 Å². The maximum absolute atomic E-state index is 13.0. The summed E-state index contributed by atoms with van der Waals surface area (Å²) in [5.74, 6) is 0.992. The molecule has 1 saturated heterocycles. The van der Waals surface area contributed by atoms with Crippen LogP contribution in [0, 0.1) is 12.7 Å². The quantitative estimate of drug-likeness (QED) is 0.937. The van der Waals surface area contributed by atoms with Gasteiger partial charge in [-0.1, -0.05) is 17.3 Å². The summed E-state index contributed by atoms with van der Waals surface area (Å²) in [4.78, 5) is 18.5. The normalized spacial score (nSPS) is 19.1. The van der Waals surface area contributed by atoms with E-state index in [9.17, 15) is 9.18 Å². The summed E-state index contributed by atoms with van der Waals surface area (Å²) < 4.78 is 18.2. The Morgan fingerprint density at radius 2 is 2.17 bits per heavy atom. The minimum atomic E-state index is -0.286. The number of carbonyl (C=O) groups excluding carboxylic acids is 1. The number of aryl methyl sites for hydroxylation is 1. The van der Waals surface area contributed by atoms with Gasteiger partial charge >= 0.3 is 6.03 Å². The van der Waals surface area contributed by atoms with Crippen molar-refractivity contribution in [3.05, 3.63) is 47.4 Å². The Morgan fingerprint density at radius 3 is 2.83 bits per heavy atom. The molecule has 1 aromatic carbocycles. The van der Waals surface area contributed by atoms with Crippen molar-refractivity contribution in [2.75, 3.05) is 13.1 Å². The second kappa shape index (κ2) is 6.98. The maximum atomic E-state index is 13.0. The van der Waals surface area contributed by atoms with E-state index in [0.29, 0.717) is 24.8 Å². The Morgan fingerprint density at radius 1 is 1.42 bits per heavy atom. The molecule has 1 N–H and O–H groups in total. The van der Waals surface area contributed by atoms with Gasteiger partial charge in [0, 0.05) is 13.1 Å². The average Bonchev–Trinajstić information content (AvgIpc) is 3.02. The monoisotopic (exact) mass is 332 g/mol. The molecule has 1 fully saturated rings. The first-order valence-corrected chi connectivity index (χ1v) is 8.14. The van der Waals surface area contributed by atoms with Crippen LogP contribution in [0.25, 0.3) is 0 Å². The zero-order valence-corrected chi connectivity index (χ0v) is 13.8. The molecular weight excluding hydrogens is 311 g/mol. The molecule has 0 aliphatic carbocycles. The minimum Gasteiger partial charge on any atom is -0.339 e. The van der Waals surface area contributed by atoms with Crippen molar-refractivity contribution in [1.29, 1.82) is 0 Å². The number of rotatable bonds is 3. The summed E-state index contributed by atoms with van der Waals surface area (Å²) in [6, 6.07) is 5.83. The first-order valence-electron chi connectivity index (χ1n) is 8.14. The van der Waals surface area contributed by atoms with Crippen LogP contribution in [0.2, 0.25) is 0 Å². The van der Waals surface area contributed by atoms with E-state index in [-0.39, 0.29) is 23.8 Å². The molecule has 0 bridgehead atoms. The van der Waals surface area contributed by atoms with E-state index in [2.05, 4.69) is 15.5 Å². The van der Waals surface area contributed by atoms with Gasteiger partial charge in [0.15, 0.2) is 5.82 Å². The Hall–Kier alpha value is -2.44. The van der Waals surface area contributed by atoms with Crippen LogP contribution in [-0.4, -0.2) is 34.2 Å². The molecule has 2 atom stereocenters. The number of hydrogen-bond donors (Lipinski definition) is 1. The van der Waals surface area contributed by atoms with Crippen LogP contribution in [0.5, 0.6) is 0 Å². The number of piperidine rings is 1. The highest BCUT2D eigenvalue weighted by Crippen LogP contribution is 2.26. The number of carbonyl (C=O) groups is 1. The van der Waals surface area contributed by atoms with Crippen LogP contribution < -0.4 is 5.32 Å². The lowest BCUT2D eigenvalue weighted by atomic mass is 9.98. The molecule has 1 aliphatic rings. The molecular formula is C17H21FN4O2. The predicted octanol–water partition coefficient (Wildman–Crippen LogP) is 3.17. The second-order valence-electron chi connectivity index (χ2n) is 6.19. The molecule has 3 rings (SSSR count). The van der Waals surface area contributed by atoms with E-state index in [0.717, 1.165) is 18.4 Å². The van der Waals surface area contributed by atoms with E-state index in [4.69, 9.17) is 4.52 Å². The molecule has 6 nitrogen and oxygen atoms in total. The Balaban J connectivity index is 1.60. The van der Waals surface area contributed by atoms with Crippen molar-refractivity contribution in [1.82, 2.24) is 20.4 Å². The first kappa shape index (κ1) is 16.4. The molecule has 2 heterocycles. The van der Waals surface area contributed by atoms with Crippen LogP contribution >= 0.6 is 0 Å². The van der Waals surface area contributed by atoms with Crippen LogP contribution in [0.1, 0.15) is 49.0 Å². The van der Waals surface area contributed by atoms with Gasteiger partial charge in [-0.15, -0.1) is 0 Å². The predicted molar refractivity (Wildman–Crippen MR) is 85.9 cm³/mol. The summed E-state index contributed by atoms with van der Waals surface area (Å²) in [6.07, 6.45) is 1.82. The van der Waals surface area contributed by atoms with Crippen molar-refractivity contribution in [2.45, 2.75) is 38.6 Å². The molecule has 0 saturated carbocycles. The lowest BCUT2D eigenvalue weighted by Gasteiger charge is -2.32. The highest BCUT2D eigenvalue weighted by Gasteiger charge is 2.28. The smallest absolute Gasteiger partial charge is 0.317 e. The van der Waals surface area contributed by atoms with E-state index < -0.39 is 0 Å². The third-order valence-corrected chi connectivity index (χ3v) is 4.31. The summed E-state index contributed by atoms with van der Waals surface area (Å²) in [5.41, 5.74) is 0.867. The van der Waals surface area contributed by atoms with Crippen LogP contribution in [0.4, 0.5) is 9.18 Å². The number of urea groups is 1. The summed E-state index contributed by atoms with van der Waals surface area (Å²) in [5, 5.41) is 6.78. The average molecular weight is 332 g/mol. The summed E-state index contributed by atoms with van der Waals surface area (Å²) in [6.45, 7) is 4.92. The SMILES string of the molecule is Cc1noc(C2CCCN(C(=O)NC(C)c3ccc(F)cc3)C2)n1. The molecule has 0 spiro atoms. The Kier molecular flexibility index (Phi) is 4.78. The molecule has 2 amide bonds. The highest BCUT2D eigenvalue weighted by molar-refractivity contribution is 5.74. The number of nitrogens with one attached hydrogen (secondary N) is 1. The second-order valence-corrected chi connectivity index (χ2v) is 6.19. The lowest BCUT2D eigenvalue weighted by molar-refractivity contribution is 0.169. The number of hydrogen-bond acceptors (Lipinski definition) is 4. The molecule has 24 heavy (non-hydrogen) atoms. The molecule has 2 unspecified atom stereocenters. The summed E-state index contributed by atoms with van der Waals surface area (Å²) >= 11 is 0.